The van der Waals surface area contributed by atoms with Crippen molar-refractivity contribution in [1.82, 2.24) is 4.90 Å². The van der Waals surface area contributed by atoms with E-state index in [9.17, 15) is 0 Å². The molecule has 0 radical (unpaired) electrons. The number of nitrogens with zero attached hydrogens (tertiary/aromatic N) is 1. The molecule has 19 heavy (non-hydrogen) atoms. The predicted octanol–water partition coefficient (Wildman–Crippen LogP) is 2.49. The van der Waals surface area contributed by atoms with Crippen LogP contribution in [0.25, 0.3) is 0 Å². The van der Waals surface area contributed by atoms with Crippen LogP contribution >= 0.6 is 11.6 Å². The Morgan fingerprint density at radius 2 is 2.11 bits per heavy atom. The minimum Gasteiger partial charge on any atom is -0.454 e. The standard InChI is InChI=1S/C14H21ClN2O2/c1-14(2,7-16)8-17(3)6-10-4-11(15)13-12(5-10)18-9-19-13/h4-5H,6-9,16H2,1-3H3. The second-order valence-electron chi connectivity index (χ2n) is 5.85. The number of benzene rings is 1. The Morgan fingerprint density at radius 3 is 2.79 bits per heavy atom. The molecular formula is C14H21ClN2O2. The molecular weight excluding hydrogens is 264 g/mol. The first kappa shape index (κ1) is 14.4. The Labute approximate surface area is 119 Å². The summed E-state index contributed by atoms with van der Waals surface area (Å²) >= 11 is 6.18. The first-order chi connectivity index (χ1) is 8.91. The third-order valence-corrected chi connectivity index (χ3v) is 3.47. The molecule has 4 nitrogen and oxygen atoms in total. The van der Waals surface area contributed by atoms with Crippen LogP contribution in [0.5, 0.6) is 11.5 Å². The largest absolute Gasteiger partial charge is 0.454 e. The van der Waals surface area contributed by atoms with Crippen LogP contribution in [0.1, 0.15) is 19.4 Å². The first-order valence-electron chi connectivity index (χ1n) is 6.38. The highest BCUT2D eigenvalue weighted by molar-refractivity contribution is 6.32. The SMILES string of the molecule is CN(Cc1cc(Cl)c2c(c1)OCO2)CC(C)(C)CN. The number of fused-ring (bicyclic) bond motifs is 1. The van der Waals surface area contributed by atoms with E-state index in [-0.39, 0.29) is 12.2 Å². The number of rotatable bonds is 5. The monoisotopic (exact) mass is 284 g/mol. The van der Waals surface area contributed by atoms with Crippen LogP contribution in [0.3, 0.4) is 0 Å². The van der Waals surface area contributed by atoms with Crippen molar-refractivity contribution < 1.29 is 9.47 Å². The number of ether oxygens (including phenoxy) is 2. The van der Waals surface area contributed by atoms with Crippen molar-refractivity contribution in [2.45, 2.75) is 20.4 Å². The summed E-state index contributed by atoms with van der Waals surface area (Å²) in [6.07, 6.45) is 0. The quantitative estimate of drug-likeness (QED) is 0.902. The molecule has 1 aromatic carbocycles. The Kier molecular flexibility index (Phi) is 4.23. The molecule has 0 unspecified atom stereocenters. The lowest BCUT2D eigenvalue weighted by Crippen LogP contribution is -2.36. The third kappa shape index (κ3) is 3.53. The van der Waals surface area contributed by atoms with E-state index in [1.807, 2.05) is 12.1 Å². The van der Waals surface area contributed by atoms with Gasteiger partial charge in [0.2, 0.25) is 6.79 Å². The summed E-state index contributed by atoms with van der Waals surface area (Å²) in [5.41, 5.74) is 6.98. The average Bonchev–Trinajstić information content (AvgIpc) is 2.76. The Hall–Kier alpha value is -0.970. The van der Waals surface area contributed by atoms with E-state index in [1.54, 1.807) is 0 Å². The van der Waals surface area contributed by atoms with Crippen LogP contribution in [-0.4, -0.2) is 31.8 Å². The second kappa shape index (κ2) is 5.57. The molecule has 1 aliphatic heterocycles. The Morgan fingerprint density at radius 1 is 1.37 bits per heavy atom. The first-order valence-corrected chi connectivity index (χ1v) is 6.76. The number of hydrogen-bond donors (Lipinski definition) is 1. The summed E-state index contributed by atoms with van der Waals surface area (Å²) in [6, 6.07) is 3.92. The molecule has 0 fully saturated rings. The third-order valence-electron chi connectivity index (χ3n) is 3.19. The molecule has 0 aromatic heterocycles. The van der Waals surface area contributed by atoms with E-state index in [1.165, 1.54) is 0 Å². The van der Waals surface area contributed by atoms with Crippen LogP contribution in [-0.2, 0) is 6.54 Å². The topological polar surface area (TPSA) is 47.7 Å². The molecule has 1 aliphatic rings. The Balaban J connectivity index is 2.06. The van der Waals surface area contributed by atoms with Crippen molar-refractivity contribution in [1.29, 1.82) is 0 Å². The molecule has 1 heterocycles. The van der Waals surface area contributed by atoms with Gasteiger partial charge in [-0.1, -0.05) is 25.4 Å². The second-order valence-corrected chi connectivity index (χ2v) is 6.26. The van der Waals surface area contributed by atoms with Gasteiger partial charge < -0.3 is 20.1 Å². The molecule has 2 rings (SSSR count). The summed E-state index contributed by atoms with van der Waals surface area (Å²) in [6.45, 7) is 6.97. The fourth-order valence-electron chi connectivity index (χ4n) is 2.27. The van der Waals surface area contributed by atoms with Crippen molar-refractivity contribution >= 4 is 11.6 Å². The molecule has 0 spiro atoms. The van der Waals surface area contributed by atoms with Gasteiger partial charge in [0.15, 0.2) is 11.5 Å². The zero-order chi connectivity index (χ0) is 14.0. The molecule has 0 amide bonds. The highest BCUT2D eigenvalue weighted by Crippen LogP contribution is 2.40. The molecule has 0 atom stereocenters. The highest BCUT2D eigenvalue weighted by Gasteiger charge is 2.21. The van der Waals surface area contributed by atoms with Gasteiger partial charge in [-0.3, -0.25) is 0 Å². The molecule has 0 bridgehead atoms. The van der Waals surface area contributed by atoms with Gasteiger partial charge in [0.05, 0.1) is 5.02 Å². The summed E-state index contributed by atoms with van der Waals surface area (Å²) in [7, 11) is 2.08. The van der Waals surface area contributed by atoms with Gasteiger partial charge in [-0.25, -0.2) is 0 Å². The summed E-state index contributed by atoms with van der Waals surface area (Å²) in [4.78, 5) is 2.24. The minimum atomic E-state index is 0.106. The zero-order valence-electron chi connectivity index (χ0n) is 11.7. The maximum absolute atomic E-state index is 6.18. The van der Waals surface area contributed by atoms with E-state index in [4.69, 9.17) is 26.8 Å². The number of hydrogen-bond acceptors (Lipinski definition) is 4. The minimum absolute atomic E-state index is 0.106. The molecule has 0 aliphatic carbocycles. The van der Waals surface area contributed by atoms with Crippen molar-refractivity contribution in [2.75, 3.05) is 26.9 Å². The molecule has 1 aromatic rings. The zero-order valence-corrected chi connectivity index (χ0v) is 12.5. The molecule has 2 N–H and O–H groups in total. The van der Waals surface area contributed by atoms with E-state index >= 15 is 0 Å². The summed E-state index contributed by atoms with van der Waals surface area (Å²) in [5, 5.41) is 0.608. The average molecular weight is 285 g/mol. The van der Waals surface area contributed by atoms with Gasteiger partial charge in [-0.15, -0.1) is 0 Å². The van der Waals surface area contributed by atoms with Gasteiger partial charge in [0.1, 0.15) is 0 Å². The molecule has 5 heteroatoms. The van der Waals surface area contributed by atoms with E-state index in [0.717, 1.165) is 24.4 Å². The fraction of sp³-hybridized carbons (Fsp3) is 0.571. The van der Waals surface area contributed by atoms with Gasteiger partial charge in [0, 0.05) is 13.1 Å². The lowest BCUT2D eigenvalue weighted by Gasteiger charge is -2.29. The maximum atomic E-state index is 6.18. The normalized spacial score (nSPS) is 14.2. The predicted molar refractivity (Wildman–Crippen MR) is 76.7 cm³/mol. The van der Waals surface area contributed by atoms with Crippen molar-refractivity contribution in [3.8, 4) is 11.5 Å². The van der Waals surface area contributed by atoms with Crippen molar-refractivity contribution in [3.05, 3.63) is 22.7 Å². The van der Waals surface area contributed by atoms with E-state index < -0.39 is 0 Å². The van der Waals surface area contributed by atoms with Gasteiger partial charge in [-0.2, -0.15) is 0 Å². The van der Waals surface area contributed by atoms with Crippen LogP contribution < -0.4 is 15.2 Å². The van der Waals surface area contributed by atoms with Gasteiger partial charge >= 0.3 is 0 Å². The number of nitrogens with two attached hydrogens (primary N) is 1. The van der Waals surface area contributed by atoms with Gasteiger partial charge in [-0.05, 0) is 36.7 Å². The molecule has 0 saturated heterocycles. The number of halogens is 1. The summed E-state index contributed by atoms with van der Waals surface area (Å²) in [5.74, 6) is 1.38. The van der Waals surface area contributed by atoms with Crippen LogP contribution in [0.2, 0.25) is 5.02 Å². The van der Waals surface area contributed by atoms with Crippen LogP contribution in [0.4, 0.5) is 0 Å². The smallest absolute Gasteiger partial charge is 0.231 e. The van der Waals surface area contributed by atoms with Crippen molar-refractivity contribution in [2.24, 2.45) is 11.1 Å². The lowest BCUT2D eigenvalue weighted by atomic mass is 9.93. The highest BCUT2D eigenvalue weighted by atomic mass is 35.5. The van der Waals surface area contributed by atoms with E-state index in [2.05, 4.69) is 25.8 Å². The van der Waals surface area contributed by atoms with Crippen LogP contribution in [0, 0.1) is 5.41 Å². The summed E-state index contributed by atoms with van der Waals surface area (Å²) < 4.78 is 10.7. The Bertz CT molecular complexity index is 463. The van der Waals surface area contributed by atoms with Crippen molar-refractivity contribution in [3.63, 3.8) is 0 Å². The molecule has 106 valence electrons. The fourth-order valence-corrected chi connectivity index (χ4v) is 2.56. The van der Waals surface area contributed by atoms with Gasteiger partial charge in [0.25, 0.3) is 0 Å². The molecule has 0 saturated carbocycles. The van der Waals surface area contributed by atoms with E-state index in [0.29, 0.717) is 17.3 Å². The van der Waals surface area contributed by atoms with Crippen LogP contribution in [0.15, 0.2) is 12.1 Å². The maximum Gasteiger partial charge on any atom is 0.231 e. The lowest BCUT2D eigenvalue weighted by molar-refractivity contribution is 0.174.